The highest BCUT2D eigenvalue weighted by molar-refractivity contribution is 5.30. The van der Waals surface area contributed by atoms with Gasteiger partial charge in [-0.2, -0.15) is 0 Å². The monoisotopic (exact) mass is 325 g/mol. The van der Waals surface area contributed by atoms with Gasteiger partial charge in [0.25, 0.3) is 0 Å². The minimum atomic E-state index is 0.685. The van der Waals surface area contributed by atoms with Crippen LogP contribution in [0.4, 0.5) is 5.95 Å². The molecule has 6 nitrogen and oxygen atoms in total. The summed E-state index contributed by atoms with van der Waals surface area (Å²) < 4.78 is 5.39. The van der Waals surface area contributed by atoms with Crippen molar-refractivity contribution in [3.8, 4) is 5.88 Å². The van der Waals surface area contributed by atoms with Gasteiger partial charge in [-0.05, 0) is 30.4 Å². The number of pyridine rings is 1. The number of methoxy groups -OCH3 is 1. The van der Waals surface area contributed by atoms with E-state index in [1.54, 1.807) is 13.3 Å². The molecule has 0 amide bonds. The van der Waals surface area contributed by atoms with Crippen LogP contribution >= 0.6 is 0 Å². The molecule has 0 spiro atoms. The summed E-state index contributed by atoms with van der Waals surface area (Å²) in [6, 6.07) is 5.96. The predicted molar refractivity (Wildman–Crippen MR) is 91.9 cm³/mol. The van der Waals surface area contributed by atoms with E-state index in [-0.39, 0.29) is 0 Å². The molecule has 2 aromatic heterocycles. The molecule has 126 valence electrons. The summed E-state index contributed by atoms with van der Waals surface area (Å²) >= 11 is 0. The number of rotatable bonds is 4. The zero-order chi connectivity index (χ0) is 16.4. The average molecular weight is 325 g/mol. The number of hydrogen-bond acceptors (Lipinski definition) is 6. The summed E-state index contributed by atoms with van der Waals surface area (Å²) in [5.74, 6) is 3.06. The maximum atomic E-state index is 5.39. The summed E-state index contributed by atoms with van der Waals surface area (Å²) in [5, 5.41) is 0. The van der Waals surface area contributed by atoms with Gasteiger partial charge in [0.15, 0.2) is 0 Å². The Morgan fingerprint density at radius 2 is 1.83 bits per heavy atom. The molecule has 2 fully saturated rings. The summed E-state index contributed by atoms with van der Waals surface area (Å²) in [6.45, 7) is 5.29. The molecule has 0 bridgehead atoms. The Labute approximate surface area is 142 Å². The largest absolute Gasteiger partial charge is 0.481 e. The Hall–Kier alpha value is -2.21. The number of fused-ring (bicyclic) bond motifs is 1. The van der Waals surface area contributed by atoms with E-state index in [4.69, 9.17) is 4.74 Å². The maximum absolute atomic E-state index is 5.39. The quantitative estimate of drug-likeness (QED) is 0.855. The van der Waals surface area contributed by atoms with Crippen LogP contribution in [-0.2, 0) is 6.54 Å². The molecule has 0 N–H and O–H groups in total. The van der Waals surface area contributed by atoms with E-state index in [9.17, 15) is 0 Å². The minimum absolute atomic E-state index is 0.685. The van der Waals surface area contributed by atoms with Crippen LogP contribution in [0.2, 0.25) is 0 Å². The summed E-state index contributed by atoms with van der Waals surface area (Å²) in [4.78, 5) is 18.0. The lowest BCUT2D eigenvalue weighted by atomic mass is 9.89. The Morgan fingerprint density at radius 3 is 2.67 bits per heavy atom. The van der Waals surface area contributed by atoms with Crippen molar-refractivity contribution in [3.05, 3.63) is 42.4 Å². The number of aromatic nitrogens is 3. The van der Waals surface area contributed by atoms with Gasteiger partial charge in [-0.3, -0.25) is 4.90 Å². The standard InChI is InChI=1S/C18H23N5O/c1-24-17-15(4-2-6-19-17)11-22-10-14-5-9-23(13-16(14)12-22)18-20-7-3-8-21-18/h2-4,6-8,14,16H,5,9-13H2,1H3/t14-,16-/m0/s1. The zero-order valence-electron chi connectivity index (χ0n) is 14.0. The lowest BCUT2D eigenvalue weighted by molar-refractivity contribution is 0.303. The molecule has 2 aliphatic heterocycles. The molecule has 6 heteroatoms. The van der Waals surface area contributed by atoms with Crippen LogP contribution in [0, 0.1) is 11.8 Å². The van der Waals surface area contributed by atoms with Crippen molar-refractivity contribution in [2.75, 3.05) is 38.2 Å². The number of hydrogen-bond donors (Lipinski definition) is 0. The maximum Gasteiger partial charge on any atom is 0.225 e. The van der Waals surface area contributed by atoms with Crippen molar-refractivity contribution in [2.24, 2.45) is 11.8 Å². The van der Waals surface area contributed by atoms with Crippen molar-refractivity contribution in [2.45, 2.75) is 13.0 Å². The SMILES string of the molecule is COc1ncccc1CN1C[C@@H]2CCN(c3ncccn3)C[C@@H]2C1. The van der Waals surface area contributed by atoms with Crippen LogP contribution in [0.1, 0.15) is 12.0 Å². The fourth-order valence-corrected chi connectivity index (χ4v) is 4.00. The molecule has 2 saturated heterocycles. The van der Waals surface area contributed by atoms with Gasteiger partial charge in [0, 0.05) is 56.9 Å². The molecular weight excluding hydrogens is 302 g/mol. The third-order valence-electron chi connectivity index (χ3n) is 5.15. The Balaban J connectivity index is 1.41. The van der Waals surface area contributed by atoms with Crippen LogP contribution in [0.15, 0.2) is 36.8 Å². The van der Waals surface area contributed by atoms with Gasteiger partial charge >= 0.3 is 0 Å². The smallest absolute Gasteiger partial charge is 0.225 e. The molecule has 0 unspecified atom stereocenters. The van der Waals surface area contributed by atoms with Crippen LogP contribution in [0.3, 0.4) is 0 Å². The average Bonchev–Trinajstić information content (AvgIpc) is 3.04. The highest BCUT2D eigenvalue weighted by Gasteiger charge is 2.37. The molecule has 2 atom stereocenters. The molecule has 0 saturated carbocycles. The van der Waals surface area contributed by atoms with Gasteiger partial charge in [0.05, 0.1) is 7.11 Å². The van der Waals surface area contributed by atoms with Crippen molar-refractivity contribution in [1.29, 1.82) is 0 Å². The fraction of sp³-hybridized carbons (Fsp3) is 0.500. The van der Waals surface area contributed by atoms with Gasteiger partial charge < -0.3 is 9.64 Å². The summed E-state index contributed by atoms with van der Waals surface area (Å²) in [5.41, 5.74) is 1.17. The van der Waals surface area contributed by atoms with E-state index in [1.807, 2.05) is 24.5 Å². The molecule has 2 aromatic rings. The van der Waals surface area contributed by atoms with E-state index in [1.165, 1.54) is 12.0 Å². The summed E-state index contributed by atoms with van der Waals surface area (Å²) in [6.07, 6.45) is 6.64. The minimum Gasteiger partial charge on any atom is -0.481 e. The van der Waals surface area contributed by atoms with Gasteiger partial charge in [0.1, 0.15) is 0 Å². The number of anilines is 1. The lowest BCUT2D eigenvalue weighted by Crippen LogP contribution is -2.40. The fourth-order valence-electron chi connectivity index (χ4n) is 4.00. The first-order chi connectivity index (χ1) is 11.8. The molecule has 0 aliphatic carbocycles. The first-order valence-corrected chi connectivity index (χ1v) is 8.55. The van der Waals surface area contributed by atoms with Gasteiger partial charge in [0.2, 0.25) is 11.8 Å². The van der Waals surface area contributed by atoms with Crippen molar-refractivity contribution in [1.82, 2.24) is 19.9 Å². The van der Waals surface area contributed by atoms with E-state index in [2.05, 4.69) is 30.8 Å². The van der Waals surface area contributed by atoms with E-state index in [0.29, 0.717) is 5.92 Å². The molecule has 2 aliphatic rings. The van der Waals surface area contributed by atoms with Crippen LogP contribution < -0.4 is 9.64 Å². The number of likely N-dealkylation sites (tertiary alicyclic amines) is 1. The van der Waals surface area contributed by atoms with Gasteiger partial charge in [-0.15, -0.1) is 0 Å². The Bertz CT molecular complexity index is 680. The number of piperidine rings is 1. The number of nitrogens with zero attached hydrogens (tertiary/aromatic N) is 5. The second-order valence-electron chi connectivity index (χ2n) is 6.67. The molecule has 4 heterocycles. The predicted octanol–water partition coefficient (Wildman–Crippen LogP) is 1.84. The molecule has 0 radical (unpaired) electrons. The van der Waals surface area contributed by atoms with Crippen LogP contribution in [0.5, 0.6) is 5.88 Å². The zero-order valence-corrected chi connectivity index (χ0v) is 14.0. The molecule has 4 rings (SSSR count). The Morgan fingerprint density at radius 1 is 1.04 bits per heavy atom. The van der Waals surface area contributed by atoms with Gasteiger partial charge in [-0.1, -0.05) is 6.07 Å². The van der Waals surface area contributed by atoms with E-state index < -0.39 is 0 Å². The lowest BCUT2D eigenvalue weighted by Gasteiger charge is -2.34. The van der Waals surface area contributed by atoms with Gasteiger partial charge in [-0.25, -0.2) is 15.0 Å². The first-order valence-electron chi connectivity index (χ1n) is 8.55. The Kier molecular flexibility index (Phi) is 4.30. The second-order valence-corrected chi connectivity index (χ2v) is 6.67. The van der Waals surface area contributed by atoms with Crippen LogP contribution in [-0.4, -0.2) is 53.1 Å². The van der Waals surface area contributed by atoms with Crippen LogP contribution in [0.25, 0.3) is 0 Å². The third-order valence-corrected chi connectivity index (χ3v) is 5.15. The first kappa shape index (κ1) is 15.3. The molecule has 0 aromatic carbocycles. The highest BCUT2D eigenvalue weighted by Crippen LogP contribution is 2.33. The van der Waals surface area contributed by atoms with E-state index in [0.717, 1.165) is 50.5 Å². The third kappa shape index (κ3) is 3.06. The highest BCUT2D eigenvalue weighted by atomic mass is 16.5. The van der Waals surface area contributed by atoms with Crippen molar-refractivity contribution in [3.63, 3.8) is 0 Å². The van der Waals surface area contributed by atoms with E-state index >= 15 is 0 Å². The topological polar surface area (TPSA) is 54.4 Å². The molecular formula is C18H23N5O. The second kappa shape index (κ2) is 6.73. The van der Waals surface area contributed by atoms with Crippen molar-refractivity contribution < 1.29 is 4.74 Å². The normalized spacial score (nSPS) is 24.0. The summed E-state index contributed by atoms with van der Waals surface area (Å²) in [7, 11) is 1.69. The number of ether oxygens (including phenoxy) is 1. The molecule has 24 heavy (non-hydrogen) atoms. The van der Waals surface area contributed by atoms with Crippen molar-refractivity contribution >= 4 is 5.95 Å².